The van der Waals surface area contributed by atoms with Crippen molar-refractivity contribution in [2.24, 2.45) is 0 Å². The molecule has 3 aromatic rings. The number of carbonyl (C=O) groups excluding carboxylic acids is 4. The summed E-state index contributed by atoms with van der Waals surface area (Å²) < 4.78 is 10.4. The highest BCUT2D eigenvalue weighted by atomic mass is 32.1. The number of amides is 3. The number of esters is 1. The van der Waals surface area contributed by atoms with Crippen molar-refractivity contribution >= 4 is 40.3 Å². The average molecular weight is 549 g/mol. The van der Waals surface area contributed by atoms with Gasteiger partial charge >= 0.3 is 12.1 Å². The fourth-order valence-electron chi connectivity index (χ4n) is 4.32. The summed E-state index contributed by atoms with van der Waals surface area (Å²) in [6, 6.07) is 15.6. The molecule has 1 aliphatic carbocycles. The molecular formula is C28H28N4O6S. The Morgan fingerprint density at radius 2 is 1.77 bits per heavy atom. The van der Waals surface area contributed by atoms with Gasteiger partial charge in [-0.25, -0.2) is 14.6 Å². The van der Waals surface area contributed by atoms with Crippen molar-refractivity contribution in [1.82, 2.24) is 15.2 Å². The molecule has 10 nitrogen and oxygen atoms in total. The summed E-state index contributed by atoms with van der Waals surface area (Å²) >= 11 is 0.987. The molecule has 1 aromatic heterocycles. The number of hydrogen-bond acceptors (Lipinski definition) is 8. The van der Waals surface area contributed by atoms with Crippen molar-refractivity contribution in [2.75, 3.05) is 19.0 Å². The normalized spacial score (nSPS) is 16.4. The molecule has 2 fully saturated rings. The first-order valence-electron chi connectivity index (χ1n) is 12.7. The molecule has 1 atom stereocenters. The van der Waals surface area contributed by atoms with Crippen LogP contribution < -0.4 is 10.6 Å². The van der Waals surface area contributed by atoms with Gasteiger partial charge in [-0.05, 0) is 43.4 Å². The van der Waals surface area contributed by atoms with Crippen molar-refractivity contribution in [3.63, 3.8) is 0 Å². The van der Waals surface area contributed by atoms with Gasteiger partial charge in [0, 0.05) is 23.7 Å². The molecule has 1 unspecified atom stereocenters. The molecule has 5 rings (SSSR count). The number of benzene rings is 2. The number of aromatic nitrogens is 1. The second-order valence-corrected chi connectivity index (χ2v) is 10.4. The third-order valence-electron chi connectivity index (χ3n) is 6.56. The number of anilines is 1. The molecule has 1 saturated heterocycles. The maximum atomic E-state index is 13.2. The number of carbonyl (C=O) groups is 4. The van der Waals surface area contributed by atoms with Crippen molar-refractivity contribution in [2.45, 2.75) is 44.4 Å². The first-order chi connectivity index (χ1) is 18.9. The van der Waals surface area contributed by atoms with Crippen LogP contribution in [0.1, 0.15) is 51.3 Å². The van der Waals surface area contributed by atoms with Crippen LogP contribution in [0.4, 0.5) is 9.93 Å². The lowest BCUT2D eigenvalue weighted by molar-refractivity contribution is -0.120. The summed E-state index contributed by atoms with van der Waals surface area (Å²) in [7, 11) is 1.27. The van der Waals surface area contributed by atoms with E-state index in [2.05, 4.69) is 15.6 Å². The Morgan fingerprint density at radius 3 is 2.46 bits per heavy atom. The zero-order valence-electron chi connectivity index (χ0n) is 21.3. The Kier molecular flexibility index (Phi) is 7.87. The summed E-state index contributed by atoms with van der Waals surface area (Å²) in [6.07, 6.45) is 2.58. The predicted molar refractivity (Wildman–Crippen MR) is 144 cm³/mol. The van der Waals surface area contributed by atoms with Crippen molar-refractivity contribution in [3.05, 3.63) is 70.6 Å². The zero-order chi connectivity index (χ0) is 27.4. The SMILES string of the molecule is COC(=O)c1sc(NC(=O)C2CCCN2C(=O)OCc2ccccc2)nc1-c1ccc(C(=O)NC2CC2)cc1. The van der Waals surface area contributed by atoms with Crippen LogP contribution in [0.5, 0.6) is 0 Å². The molecule has 2 N–H and O–H groups in total. The van der Waals surface area contributed by atoms with Gasteiger partial charge in [0.05, 0.1) is 12.8 Å². The third kappa shape index (κ3) is 6.26. The van der Waals surface area contributed by atoms with E-state index >= 15 is 0 Å². The van der Waals surface area contributed by atoms with Crippen LogP contribution in [-0.4, -0.2) is 59.5 Å². The molecule has 11 heteroatoms. The van der Waals surface area contributed by atoms with E-state index in [4.69, 9.17) is 9.47 Å². The Bertz CT molecular complexity index is 1370. The summed E-state index contributed by atoms with van der Waals surface area (Å²) in [6.45, 7) is 0.521. The van der Waals surface area contributed by atoms with Gasteiger partial charge in [-0.3, -0.25) is 14.5 Å². The molecule has 0 radical (unpaired) electrons. The lowest BCUT2D eigenvalue weighted by Gasteiger charge is -2.22. The van der Waals surface area contributed by atoms with Crippen LogP contribution in [0.25, 0.3) is 11.3 Å². The number of nitrogens with one attached hydrogen (secondary N) is 2. The molecule has 39 heavy (non-hydrogen) atoms. The maximum absolute atomic E-state index is 13.2. The average Bonchev–Trinajstić information content (AvgIpc) is 3.45. The lowest BCUT2D eigenvalue weighted by Crippen LogP contribution is -2.43. The largest absolute Gasteiger partial charge is 0.465 e. The highest BCUT2D eigenvalue weighted by Gasteiger charge is 2.36. The Labute approximate surface area is 229 Å². The topological polar surface area (TPSA) is 127 Å². The summed E-state index contributed by atoms with van der Waals surface area (Å²) in [4.78, 5) is 56.8. The fourth-order valence-corrected chi connectivity index (χ4v) is 5.23. The minimum atomic E-state index is -0.716. The van der Waals surface area contributed by atoms with E-state index in [1.54, 1.807) is 24.3 Å². The molecule has 0 spiro atoms. The third-order valence-corrected chi connectivity index (χ3v) is 7.51. The van der Waals surface area contributed by atoms with Gasteiger partial charge in [-0.15, -0.1) is 0 Å². The van der Waals surface area contributed by atoms with Crippen molar-refractivity contribution in [3.8, 4) is 11.3 Å². The molecule has 1 aliphatic heterocycles. The van der Waals surface area contributed by atoms with E-state index in [1.165, 1.54) is 12.0 Å². The molecule has 202 valence electrons. The predicted octanol–water partition coefficient (Wildman–Crippen LogP) is 4.23. The molecule has 2 aromatic carbocycles. The summed E-state index contributed by atoms with van der Waals surface area (Å²) in [5.74, 6) is -1.15. The zero-order valence-corrected chi connectivity index (χ0v) is 22.2. The van der Waals surface area contributed by atoms with Crippen LogP contribution >= 0.6 is 11.3 Å². The first-order valence-corrected chi connectivity index (χ1v) is 13.5. The van der Waals surface area contributed by atoms with E-state index in [0.717, 1.165) is 29.7 Å². The van der Waals surface area contributed by atoms with E-state index in [0.29, 0.717) is 36.2 Å². The quantitative estimate of drug-likeness (QED) is 0.404. The number of hydrogen-bond donors (Lipinski definition) is 2. The maximum Gasteiger partial charge on any atom is 0.410 e. The molecule has 2 heterocycles. The first kappa shape index (κ1) is 26.4. The smallest absolute Gasteiger partial charge is 0.410 e. The van der Waals surface area contributed by atoms with Crippen molar-refractivity contribution in [1.29, 1.82) is 0 Å². The number of likely N-dealkylation sites (tertiary alicyclic amines) is 1. The second-order valence-electron chi connectivity index (χ2n) is 9.39. The van der Waals surface area contributed by atoms with Crippen LogP contribution in [-0.2, 0) is 20.9 Å². The van der Waals surface area contributed by atoms with Gasteiger partial charge in [-0.1, -0.05) is 53.8 Å². The molecule has 0 bridgehead atoms. The lowest BCUT2D eigenvalue weighted by atomic mass is 10.1. The molecular weight excluding hydrogens is 520 g/mol. The highest BCUT2D eigenvalue weighted by molar-refractivity contribution is 7.18. The minimum absolute atomic E-state index is 0.115. The fraction of sp³-hybridized carbons (Fsp3) is 0.321. The van der Waals surface area contributed by atoms with Crippen molar-refractivity contribution < 1.29 is 28.7 Å². The van der Waals surface area contributed by atoms with Gasteiger partial charge < -0.3 is 20.1 Å². The van der Waals surface area contributed by atoms with Gasteiger partial charge in [0.2, 0.25) is 5.91 Å². The Balaban J connectivity index is 1.28. The van der Waals surface area contributed by atoms with Crippen LogP contribution in [0.2, 0.25) is 0 Å². The van der Waals surface area contributed by atoms with Gasteiger partial charge in [0.15, 0.2) is 5.13 Å². The number of nitrogens with zero attached hydrogens (tertiary/aromatic N) is 2. The summed E-state index contributed by atoms with van der Waals surface area (Å²) in [5, 5.41) is 5.90. The van der Waals surface area contributed by atoms with Gasteiger partial charge in [0.1, 0.15) is 17.5 Å². The molecule has 1 saturated carbocycles. The Morgan fingerprint density at radius 1 is 1.03 bits per heavy atom. The van der Waals surface area contributed by atoms with Crippen LogP contribution in [0.15, 0.2) is 54.6 Å². The van der Waals surface area contributed by atoms with E-state index in [9.17, 15) is 19.2 Å². The Hall–Kier alpha value is -4.25. The van der Waals surface area contributed by atoms with Crippen LogP contribution in [0, 0.1) is 0 Å². The standard InChI is InChI=1S/C28H28N4O6S/c1-37-26(35)23-22(18-9-11-19(12-10-18)24(33)29-20-13-14-20)30-27(39-23)31-25(34)21-8-5-15-32(21)28(36)38-16-17-6-3-2-4-7-17/h2-4,6-7,9-12,20-21H,5,8,13-16H2,1H3,(H,29,33)(H,30,31,34). The highest BCUT2D eigenvalue weighted by Crippen LogP contribution is 2.33. The molecule has 3 amide bonds. The molecule has 2 aliphatic rings. The second kappa shape index (κ2) is 11.6. The number of methoxy groups -OCH3 is 1. The van der Waals surface area contributed by atoms with Gasteiger partial charge in [0.25, 0.3) is 5.91 Å². The summed E-state index contributed by atoms with van der Waals surface area (Å²) in [5.41, 5.74) is 2.30. The van der Waals surface area contributed by atoms with E-state index < -0.39 is 24.0 Å². The monoisotopic (exact) mass is 548 g/mol. The minimum Gasteiger partial charge on any atom is -0.465 e. The van der Waals surface area contributed by atoms with E-state index in [-0.39, 0.29) is 28.6 Å². The van der Waals surface area contributed by atoms with Crippen LogP contribution in [0.3, 0.4) is 0 Å². The van der Waals surface area contributed by atoms with E-state index in [1.807, 2.05) is 30.3 Å². The number of ether oxygens (including phenoxy) is 2. The number of rotatable bonds is 8. The van der Waals surface area contributed by atoms with Gasteiger partial charge in [-0.2, -0.15) is 0 Å². The number of thiazole rings is 1.